The van der Waals surface area contributed by atoms with Gasteiger partial charge in [-0.1, -0.05) is 11.2 Å². The minimum atomic E-state index is 0.0976. The van der Waals surface area contributed by atoms with Crippen LogP contribution in [-0.2, 0) is 11.2 Å². The van der Waals surface area contributed by atoms with E-state index >= 15 is 0 Å². The molecule has 30 heavy (non-hydrogen) atoms. The molecule has 1 aliphatic rings. The Bertz CT molecular complexity index is 1010. The third-order valence-electron chi connectivity index (χ3n) is 5.21. The second-order valence-corrected chi connectivity index (χ2v) is 7.35. The SMILES string of the molecule is Cc1nc(Nc2ccccn2)cc(N2CCN(C(=O)Cc3c(C)noc3C)CC2)n1. The standard InChI is InChI=1S/C21H25N7O2/c1-14-17(15(2)30-26-14)12-21(29)28-10-8-27(9-11-28)20-13-19(23-16(3)24-20)25-18-6-4-5-7-22-18/h4-7,13H,8-12H2,1-3H3,(H,22,23,24,25). The first-order valence-corrected chi connectivity index (χ1v) is 9.98. The van der Waals surface area contributed by atoms with Gasteiger partial charge in [-0.2, -0.15) is 0 Å². The van der Waals surface area contributed by atoms with E-state index in [0.717, 1.165) is 22.9 Å². The summed E-state index contributed by atoms with van der Waals surface area (Å²) in [4.78, 5) is 30.1. The zero-order valence-electron chi connectivity index (χ0n) is 17.4. The number of piperazine rings is 1. The van der Waals surface area contributed by atoms with Crippen molar-refractivity contribution < 1.29 is 9.32 Å². The maximum atomic E-state index is 12.7. The molecular weight excluding hydrogens is 382 g/mol. The predicted octanol–water partition coefficient (Wildman–Crippen LogP) is 2.42. The van der Waals surface area contributed by atoms with E-state index in [-0.39, 0.29) is 5.91 Å². The predicted molar refractivity (Wildman–Crippen MR) is 113 cm³/mol. The summed E-state index contributed by atoms with van der Waals surface area (Å²) >= 11 is 0. The van der Waals surface area contributed by atoms with Crippen LogP contribution in [0.25, 0.3) is 0 Å². The molecular formula is C21H25N7O2. The average molecular weight is 407 g/mol. The van der Waals surface area contributed by atoms with E-state index in [1.165, 1.54) is 0 Å². The molecule has 1 amide bonds. The van der Waals surface area contributed by atoms with Gasteiger partial charge in [0.15, 0.2) is 0 Å². The van der Waals surface area contributed by atoms with Crippen LogP contribution < -0.4 is 10.2 Å². The summed E-state index contributed by atoms with van der Waals surface area (Å²) in [7, 11) is 0. The zero-order chi connectivity index (χ0) is 21.1. The van der Waals surface area contributed by atoms with Crippen molar-refractivity contribution in [3.8, 4) is 0 Å². The van der Waals surface area contributed by atoms with E-state index in [9.17, 15) is 4.79 Å². The molecule has 1 saturated heterocycles. The molecule has 9 nitrogen and oxygen atoms in total. The molecule has 1 aliphatic heterocycles. The van der Waals surface area contributed by atoms with Crippen LogP contribution >= 0.6 is 0 Å². The number of aromatic nitrogens is 4. The normalized spacial score (nSPS) is 14.1. The Labute approximate surface area is 175 Å². The summed E-state index contributed by atoms with van der Waals surface area (Å²) in [6.07, 6.45) is 2.06. The van der Waals surface area contributed by atoms with Gasteiger partial charge < -0.3 is 19.6 Å². The average Bonchev–Trinajstić information content (AvgIpc) is 3.06. The number of hydrogen-bond acceptors (Lipinski definition) is 8. The Morgan fingerprint density at radius 1 is 1.10 bits per heavy atom. The lowest BCUT2D eigenvalue weighted by molar-refractivity contribution is -0.130. The number of amides is 1. The minimum absolute atomic E-state index is 0.0976. The topological polar surface area (TPSA) is 100 Å². The molecule has 0 bridgehead atoms. The van der Waals surface area contributed by atoms with Crippen LogP contribution in [0.4, 0.5) is 17.5 Å². The smallest absolute Gasteiger partial charge is 0.227 e. The molecule has 0 spiro atoms. The highest BCUT2D eigenvalue weighted by molar-refractivity contribution is 5.79. The van der Waals surface area contributed by atoms with Crippen molar-refractivity contribution in [1.29, 1.82) is 0 Å². The van der Waals surface area contributed by atoms with E-state index in [1.807, 2.05) is 49.9 Å². The van der Waals surface area contributed by atoms with E-state index in [0.29, 0.717) is 50.0 Å². The second-order valence-electron chi connectivity index (χ2n) is 7.35. The molecule has 0 aromatic carbocycles. The molecule has 0 unspecified atom stereocenters. The molecule has 4 rings (SSSR count). The Morgan fingerprint density at radius 2 is 1.90 bits per heavy atom. The maximum absolute atomic E-state index is 12.7. The summed E-state index contributed by atoms with van der Waals surface area (Å²) < 4.78 is 5.17. The molecule has 1 N–H and O–H groups in total. The van der Waals surface area contributed by atoms with Crippen LogP contribution in [0, 0.1) is 20.8 Å². The number of carbonyl (C=O) groups is 1. The lowest BCUT2D eigenvalue weighted by Gasteiger charge is -2.35. The molecule has 0 saturated carbocycles. The fourth-order valence-corrected chi connectivity index (χ4v) is 3.55. The van der Waals surface area contributed by atoms with Gasteiger partial charge in [-0.3, -0.25) is 4.79 Å². The van der Waals surface area contributed by atoms with Crippen LogP contribution in [0.15, 0.2) is 35.0 Å². The van der Waals surface area contributed by atoms with Gasteiger partial charge >= 0.3 is 0 Å². The molecule has 0 atom stereocenters. The Hall–Kier alpha value is -3.49. The van der Waals surface area contributed by atoms with Crippen molar-refractivity contribution in [3.63, 3.8) is 0 Å². The summed E-state index contributed by atoms with van der Waals surface area (Å²) in [6.45, 7) is 8.30. The van der Waals surface area contributed by atoms with Gasteiger partial charge in [0, 0.05) is 44.0 Å². The van der Waals surface area contributed by atoms with E-state index < -0.39 is 0 Å². The van der Waals surface area contributed by atoms with E-state index in [4.69, 9.17) is 4.52 Å². The highest BCUT2D eigenvalue weighted by atomic mass is 16.5. The maximum Gasteiger partial charge on any atom is 0.227 e. The van der Waals surface area contributed by atoms with Gasteiger partial charge in [-0.15, -0.1) is 0 Å². The molecule has 3 aromatic heterocycles. The van der Waals surface area contributed by atoms with Crippen LogP contribution in [0.3, 0.4) is 0 Å². The number of nitrogens with one attached hydrogen (secondary N) is 1. The van der Waals surface area contributed by atoms with E-state index in [1.54, 1.807) is 6.20 Å². The Kier molecular flexibility index (Phi) is 5.60. The van der Waals surface area contributed by atoms with Gasteiger partial charge in [-0.05, 0) is 32.9 Å². The fourth-order valence-electron chi connectivity index (χ4n) is 3.55. The van der Waals surface area contributed by atoms with Crippen molar-refractivity contribution in [3.05, 3.63) is 53.3 Å². The van der Waals surface area contributed by atoms with Crippen LogP contribution in [0.2, 0.25) is 0 Å². The Morgan fingerprint density at radius 3 is 2.57 bits per heavy atom. The van der Waals surface area contributed by atoms with Gasteiger partial charge in [0.05, 0.1) is 12.1 Å². The van der Waals surface area contributed by atoms with Crippen LogP contribution in [-0.4, -0.2) is 57.1 Å². The number of aryl methyl sites for hydroxylation is 3. The van der Waals surface area contributed by atoms with Crippen molar-refractivity contribution in [2.24, 2.45) is 0 Å². The summed E-state index contributed by atoms with van der Waals surface area (Å²) in [6, 6.07) is 7.60. The van der Waals surface area contributed by atoms with Crippen molar-refractivity contribution in [1.82, 2.24) is 25.0 Å². The Balaban J connectivity index is 1.39. The lowest BCUT2D eigenvalue weighted by atomic mass is 10.1. The highest BCUT2D eigenvalue weighted by Crippen LogP contribution is 2.21. The molecule has 0 radical (unpaired) electrons. The summed E-state index contributed by atoms with van der Waals surface area (Å²) in [5.74, 6) is 3.77. The number of carbonyl (C=O) groups excluding carboxylic acids is 1. The summed E-state index contributed by atoms with van der Waals surface area (Å²) in [5.41, 5.74) is 1.67. The number of anilines is 3. The molecule has 9 heteroatoms. The molecule has 156 valence electrons. The first kappa shape index (κ1) is 19.8. The van der Waals surface area contributed by atoms with Crippen molar-refractivity contribution in [2.45, 2.75) is 27.2 Å². The molecule has 1 fully saturated rings. The van der Waals surface area contributed by atoms with Gasteiger partial charge in [0.1, 0.15) is 29.0 Å². The fraction of sp³-hybridized carbons (Fsp3) is 0.381. The molecule has 4 heterocycles. The first-order chi connectivity index (χ1) is 14.5. The molecule has 0 aliphatic carbocycles. The van der Waals surface area contributed by atoms with E-state index in [2.05, 4.69) is 30.3 Å². The van der Waals surface area contributed by atoms with Gasteiger partial charge in [0.2, 0.25) is 5.91 Å². The summed E-state index contributed by atoms with van der Waals surface area (Å²) in [5, 5.41) is 7.15. The van der Waals surface area contributed by atoms with Crippen molar-refractivity contribution >= 4 is 23.4 Å². The monoisotopic (exact) mass is 407 g/mol. The third-order valence-corrected chi connectivity index (χ3v) is 5.21. The number of nitrogens with zero attached hydrogens (tertiary/aromatic N) is 6. The number of rotatable bonds is 5. The minimum Gasteiger partial charge on any atom is -0.361 e. The largest absolute Gasteiger partial charge is 0.361 e. The zero-order valence-corrected chi connectivity index (χ0v) is 17.4. The van der Waals surface area contributed by atoms with Crippen LogP contribution in [0.1, 0.15) is 22.8 Å². The number of hydrogen-bond donors (Lipinski definition) is 1. The van der Waals surface area contributed by atoms with Gasteiger partial charge in [-0.25, -0.2) is 15.0 Å². The van der Waals surface area contributed by atoms with Crippen molar-refractivity contribution in [2.75, 3.05) is 36.4 Å². The number of pyridine rings is 1. The second kappa shape index (κ2) is 8.48. The van der Waals surface area contributed by atoms with Crippen LogP contribution in [0.5, 0.6) is 0 Å². The quantitative estimate of drug-likeness (QED) is 0.688. The highest BCUT2D eigenvalue weighted by Gasteiger charge is 2.24. The van der Waals surface area contributed by atoms with Gasteiger partial charge in [0.25, 0.3) is 0 Å². The first-order valence-electron chi connectivity index (χ1n) is 9.98. The lowest BCUT2D eigenvalue weighted by Crippen LogP contribution is -2.49. The molecule has 3 aromatic rings. The third kappa shape index (κ3) is 4.40.